The van der Waals surface area contributed by atoms with E-state index in [1.165, 1.54) is 7.11 Å². The van der Waals surface area contributed by atoms with Crippen molar-refractivity contribution < 1.29 is 14.4 Å². The van der Waals surface area contributed by atoms with Gasteiger partial charge in [-0.15, -0.1) is 0 Å². The molecule has 0 spiro atoms. The van der Waals surface area contributed by atoms with Crippen molar-refractivity contribution in [1.82, 2.24) is 5.48 Å². The van der Waals surface area contributed by atoms with Crippen molar-refractivity contribution in [1.29, 1.82) is 0 Å². The van der Waals surface area contributed by atoms with Crippen LogP contribution < -0.4 is 10.2 Å². The number of carbonyl (C=O) groups excluding carboxylic acids is 1. The topological polar surface area (TPSA) is 47.6 Å². The molecule has 1 aromatic carbocycles. The zero-order chi connectivity index (χ0) is 12.8. The standard InChI is InChI=1S/C13H19NO3/c1-9-7-11(16-3)5-6-12(9)10(2)8-13(15)14-17-4/h5-7,10H,8H2,1-4H3,(H,14,15)/t10-/m1/s1. The maximum absolute atomic E-state index is 11.4. The van der Waals surface area contributed by atoms with Gasteiger partial charge in [0.05, 0.1) is 14.2 Å². The number of nitrogens with one attached hydrogen (secondary N) is 1. The van der Waals surface area contributed by atoms with Gasteiger partial charge in [0, 0.05) is 6.42 Å². The van der Waals surface area contributed by atoms with Crippen LogP contribution in [0.3, 0.4) is 0 Å². The number of rotatable bonds is 5. The average molecular weight is 237 g/mol. The molecule has 1 aromatic rings. The predicted octanol–water partition coefficient (Wildman–Crippen LogP) is 2.17. The highest BCUT2D eigenvalue weighted by molar-refractivity contribution is 5.75. The fourth-order valence-corrected chi connectivity index (χ4v) is 1.87. The third-order valence-electron chi connectivity index (χ3n) is 2.72. The van der Waals surface area contributed by atoms with Crippen LogP contribution in [0.25, 0.3) is 0 Å². The molecule has 4 heteroatoms. The SMILES string of the molecule is CONC(=O)C[C@@H](C)c1ccc(OC)cc1C. The molecule has 0 aromatic heterocycles. The van der Waals surface area contributed by atoms with Crippen LogP contribution in [0.5, 0.6) is 5.75 Å². The minimum Gasteiger partial charge on any atom is -0.497 e. The number of benzene rings is 1. The van der Waals surface area contributed by atoms with Gasteiger partial charge in [-0.3, -0.25) is 9.63 Å². The summed E-state index contributed by atoms with van der Waals surface area (Å²) >= 11 is 0. The van der Waals surface area contributed by atoms with E-state index >= 15 is 0 Å². The third-order valence-corrected chi connectivity index (χ3v) is 2.72. The molecule has 0 aliphatic rings. The molecule has 1 amide bonds. The Morgan fingerprint density at radius 3 is 2.65 bits per heavy atom. The first-order chi connectivity index (χ1) is 8.08. The molecule has 0 aliphatic heterocycles. The number of hydrogen-bond acceptors (Lipinski definition) is 3. The predicted molar refractivity (Wildman–Crippen MR) is 65.9 cm³/mol. The normalized spacial score (nSPS) is 12.0. The number of ether oxygens (including phenoxy) is 1. The van der Waals surface area contributed by atoms with Crippen LogP contribution in [-0.2, 0) is 9.63 Å². The van der Waals surface area contributed by atoms with Gasteiger partial charge in [0.1, 0.15) is 5.75 Å². The van der Waals surface area contributed by atoms with E-state index in [0.29, 0.717) is 6.42 Å². The van der Waals surface area contributed by atoms with E-state index in [1.807, 2.05) is 32.0 Å². The molecule has 0 aliphatic carbocycles. The molecular weight excluding hydrogens is 218 g/mol. The molecule has 0 fully saturated rings. The summed E-state index contributed by atoms with van der Waals surface area (Å²) in [5.74, 6) is 0.867. The van der Waals surface area contributed by atoms with E-state index in [1.54, 1.807) is 7.11 Å². The second kappa shape index (κ2) is 6.25. The lowest BCUT2D eigenvalue weighted by molar-refractivity contribution is -0.131. The summed E-state index contributed by atoms with van der Waals surface area (Å²) in [6.07, 6.45) is 0.404. The first-order valence-corrected chi connectivity index (χ1v) is 5.54. The van der Waals surface area contributed by atoms with Gasteiger partial charge in [0.25, 0.3) is 0 Å². The van der Waals surface area contributed by atoms with Crippen molar-refractivity contribution in [3.8, 4) is 5.75 Å². The first kappa shape index (κ1) is 13.5. The Kier molecular flexibility index (Phi) is 4.97. The summed E-state index contributed by atoms with van der Waals surface area (Å²) in [6, 6.07) is 5.88. The zero-order valence-electron chi connectivity index (χ0n) is 10.7. The molecule has 1 atom stereocenters. The summed E-state index contributed by atoms with van der Waals surface area (Å²) in [4.78, 5) is 16.0. The van der Waals surface area contributed by atoms with Crippen LogP contribution >= 0.6 is 0 Å². The van der Waals surface area contributed by atoms with Crippen LogP contribution in [0.1, 0.15) is 30.4 Å². The van der Waals surface area contributed by atoms with Crippen LogP contribution in [0.15, 0.2) is 18.2 Å². The Morgan fingerprint density at radius 2 is 2.12 bits per heavy atom. The summed E-state index contributed by atoms with van der Waals surface area (Å²) in [7, 11) is 3.07. The van der Waals surface area contributed by atoms with Crippen molar-refractivity contribution in [2.45, 2.75) is 26.2 Å². The fraction of sp³-hybridized carbons (Fsp3) is 0.462. The second-order valence-corrected chi connectivity index (χ2v) is 4.06. The average Bonchev–Trinajstić information content (AvgIpc) is 2.28. The summed E-state index contributed by atoms with van der Waals surface area (Å²) in [5.41, 5.74) is 4.60. The van der Waals surface area contributed by atoms with Gasteiger partial charge < -0.3 is 4.74 Å². The van der Waals surface area contributed by atoms with E-state index < -0.39 is 0 Å². The monoisotopic (exact) mass is 237 g/mol. The highest BCUT2D eigenvalue weighted by atomic mass is 16.6. The van der Waals surface area contributed by atoms with E-state index in [4.69, 9.17) is 4.74 Å². The molecule has 0 heterocycles. The molecule has 0 radical (unpaired) electrons. The largest absolute Gasteiger partial charge is 0.497 e. The van der Waals surface area contributed by atoms with Gasteiger partial charge in [-0.2, -0.15) is 0 Å². The third kappa shape index (κ3) is 3.75. The number of aryl methyl sites for hydroxylation is 1. The molecule has 0 unspecified atom stereocenters. The minimum atomic E-state index is -0.116. The second-order valence-electron chi connectivity index (χ2n) is 4.06. The smallest absolute Gasteiger partial charge is 0.244 e. The summed E-state index contributed by atoms with van der Waals surface area (Å²) in [5, 5.41) is 0. The Balaban J connectivity index is 2.75. The molecule has 4 nitrogen and oxygen atoms in total. The van der Waals surface area contributed by atoms with Crippen LogP contribution in [0.4, 0.5) is 0 Å². The van der Waals surface area contributed by atoms with Crippen LogP contribution in [0.2, 0.25) is 0 Å². The van der Waals surface area contributed by atoms with Crippen LogP contribution in [-0.4, -0.2) is 20.1 Å². The molecule has 0 saturated carbocycles. The molecule has 1 rings (SSSR count). The molecule has 0 bridgehead atoms. The van der Waals surface area contributed by atoms with Crippen molar-refractivity contribution >= 4 is 5.91 Å². The van der Waals surface area contributed by atoms with Gasteiger partial charge in [-0.25, -0.2) is 5.48 Å². The van der Waals surface area contributed by atoms with Crippen molar-refractivity contribution in [2.75, 3.05) is 14.2 Å². The Morgan fingerprint density at radius 1 is 1.41 bits per heavy atom. The number of methoxy groups -OCH3 is 1. The molecular formula is C13H19NO3. The Labute approximate surface area is 102 Å². The van der Waals surface area contributed by atoms with Crippen LogP contribution in [0, 0.1) is 6.92 Å². The highest BCUT2D eigenvalue weighted by Gasteiger charge is 2.13. The lowest BCUT2D eigenvalue weighted by Gasteiger charge is -2.15. The lowest BCUT2D eigenvalue weighted by Crippen LogP contribution is -2.23. The summed E-state index contributed by atoms with van der Waals surface area (Å²) < 4.78 is 5.15. The van der Waals surface area contributed by atoms with E-state index in [-0.39, 0.29) is 11.8 Å². The number of carbonyl (C=O) groups is 1. The Bertz CT molecular complexity index is 390. The maximum atomic E-state index is 11.4. The van der Waals surface area contributed by atoms with Gasteiger partial charge >= 0.3 is 0 Å². The van der Waals surface area contributed by atoms with Gasteiger partial charge in [-0.05, 0) is 36.1 Å². The Hall–Kier alpha value is -1.55. The fourth-order valence-electron chi connectivity index (χ4n) is 1.87. The summed E-state index contributed by atoms with van der Waals surface area (Å²) in [6.45, 7) is 4.03. The van der Waals surface area contributed by atoms with E-state index in [2.05, 4.69) is 10.3 Å². The maximum Gasteiger partial charge on any atom is 0.244 e. The zero-order valence-corrected chi connectivity index (χ0v) is 10.7. The highest BCUT2D eigenvalue weighted by Crippen LogP contribution is 2.25. The first-order valence-electron chi connectivity index (χ1n) is 5.54. The minimum absolute atomic E-state index is 0.116. The van der Waals surface area contributed by atoms with E-state index in [0.717, 1.165) is 16.9 Å². The quantitative estimate of drug-likeness (QED) is 0.798. The van der Waals surface area contributed by atoms with Crippen molar-refractivity contribution in [3.63, 3.8) is 0 Å². The van der Waals surface area contributed by atoms with Crippen molar-refractivity contribution in [3.05, 3.63) is 29.3 Å². The molecule has 1 N–H and O–H groups in total. The number of hydroxylamine groups is 1. The van der Waals surface area contributed by atoms with Gasteiger partial charge in [-0.1, -0.05) is 13.0 Å². The number of amides is 1. The molecule has 17 heavy (non-hydrogen) atoms. The van der Waals surface area contributed by atoms with Crippen molar-refractivity contribution in [2.24, 2.45) is 0 Å². The number of hydrogen-bond donors (Lipinski definition) is 1. The molecule has 94 valence electrons. The van der Waals surface area contributed by atoms with Gasteiger partial charge in [0.2, 0.25) is 5.91 Å². The van der Waals surface area contributed by atoms with E-state index in [9.17, 15) is 4.79 Å². The lowest BCUT2D eigenvalue weighted by atomic mass is 9.93. The molecule has 0 saturated heterocycles. The van der Waals surface area contributed by atoms with Gasteiger partial charge in [0.15, 0.2) is 0 Å².